The molecule has 0 aliphatic rings. The van der Waals surface area contributed by atoms with Gasteiger partial charge in [0.15, 0.2) is 0 Å². The summed E-state index contributed by atoms with van der Waals surface area (Å²) in [5.74, 6) is 0. The Hall–Kier alpha value is -1.13. The van der Waals surface area contributed by atoms with Crippen molar-refractivity contribution in [2.45, 2.75) is 19.6 Å². The van der Waals surface area contributed by atoms with Crippen molar-refractivity contribution in [2.75, 3.05) is 0 Å². The van der Waals surface area contributed by atoms with Crippen molar-refractivity contribution < 1.29 is 19.4 Å². The normalized spacial score (nSPS) is 11.4. The Balaban J connectivity index is 0.000000924. The zero-order valence-electron chi connectivity index (χ0n) is 13.5. The number of fused-ring (bicyclic) bond motifs is 1. The van der Waals surface area contributed by atoms with Gasteiger partial charge < -0.3 is 4.98 Å². The van der Waals surface area contributed by atoms with E-state index in [1.807, 2.05) is 24.4 Å². The number of rotatable bonds is 3. The van der Waals surface area contributed by atoms with Crippen LogP contribution in [0, 0.1) is 0 Å². The standard InChI is InChI=1S/C18H19N2Si.ClH.Ti/c1-21(2,3)18-12-11-15(20-18)13-19-17-10-6-8-14-7-4-5-9-16(14)17;;/h4-13H,1-3H3;1H;/q-1;;+2/p-1. The molecular formula is C18H19ClN2SiTi. The summed E-state index contributed by atoms with van der Waals surface area (Å²) in [6.45, 7) is 6.92. The summed E-state index contributed by atoms with van der Waals surface area (Å²) in [5, 5.41) is 3.63. The molecule has 2 nitrogen and oxygen atoms in total. The van der Waals surface area contributed by atoms with Crippen molar-refractivity contribution in [2.24, 2.45) is 4.99 Å². The van der Waals surface area contributed by atoms with Gasteiger partial charge in [-0.15, -0.1) is 5.69 Å². The van der Waals surface area contributed by atoms with Crippen LogP contribution in [-0.4, -0.2) is 14.3 Å². The van der Waals surface area contributed by atoms with E-state index in [1.54, 1.807) is 0 Å². The van der Waals surface area contributed by atoms with Crippen molar-refractivity contribution >= 4 is 45.4 Å². The molecule has 1 heterocycles. The summed E-state index contributed by atoms with van der Waals surface area (Å²) < 4.78 is 0. The molecule has 2 aromatic carbocycles. The molecule has 0 saturated carbocycles. The second-order valence-corrected chi connectivity index (χ2v) is 11.3. The predicted molar refractivity (Wildman–Crippen MR) is 99.8 cm³/mol. The average molecular weight is 375 g/mol. The van der Waals surface area contributed by atoms with E-state index in [-0.39, 0.29) is 0 Å². The Morgan fingerprint density at radius 3 is 2.35 bits per heavy atom. The van der Waals surface area contributed by atoms with E-state index < -0.39 is 8.07 Å². The maximum atomic E-state index is 4.69. The third-order valence-electron chi connectivity index (χ3n) is 3.53. The third-order valence-corrected chi connectivity index (χ3v) is 5.35. The Morgan fingerprint density at radius 2 is 1.65 bits per heavy atom. The Kier molecular flexibility index (Phi) is 6.42. The monoisotopic (exact) mass is 374 g/mol. The van der Waals surface area contributed by atoms with E-state index >= 15 is 0 Å². The fourth-order valence-corrected chi connectivity index (χ4v) is 3.37. The van der Waals surface area contributed by atoms with Crippen LogP contribution in [0.2, 0.25) is 19.6 Å². The van der Waals surface area contributed by atoms with Crippen LogP contribution in [0.4, 0.5) is 5.69 Å². The number of aliphatic imine (C=N–C) groups is 1. The number of halogens is 1. The zero-order chi connectivity index (χ0) is 16.9. The Labute approximate surface area is 154 Å². The molecule has 0 spiro atoms. The summed E-state index contributed by atoms with van der Waals surface area (Å²) in [7, 11) is 3.30. The van der Waals surface area contributed by atoms with Crippen LogP contribution in [0.1, 0.15) is 5.69 Å². The molecular weight excluding hydrogens is 356 g/mol. The Morgan fingerprint density at radius 1 is 0.957 bits per heavy atom. The molecule has 3 aromatic rings. The molecule has 0 radical (unpaired) electrons. The van der Waals surface area contributed by atoms with Gasteiger partial charge in [-0.25, -0.2) is 0 Å². The van der Waals surface area contributed by atoms with Gasteiger partial charge in [0.1, 0.15) is 0 Å². The van der Waals surface area contributed by atoms with Gasteiger partial charge in [0, 0.05) is 11.6 Å². The van der Waals surface area contributed by atoms with Crippen LogP contribution in [0.25, 0.3) is 10.8 Å². The molecule has 23 heavy (non-hydrogen) atoms. The van der Waals surface area contributed by atoms with Crippen LogP contribution >= 0.6 is 9.30 Å². The number of aromatic nitrogens is 1. The van der Waals surface area contributed by atoms with Crippen molar-refractivity contribution in [1.82, 2.24) is 4.98 Å². The first kappa shape index (κ1) is 18.2. The van der Waals surface area contributed by atoms with Crippen molar-refractivity contribution in [3.8, 4) is 0 Å². The van der Waals surface area contributed by atoms with E-state index in [1.165, 1.54) is 35.5 Å². The van der Waals surface area contributed by atoms with Crippen molar-refractivity contribution in [3.63, 3.8) is 0 Å². The molecule has 0 N–H and O–H groups in total. The second kappa shape index (κ2) is 8.11. The molecule has 5 heteroatoms. The molecule has 116 valence electrons. The molecule has 0 aliphatic carbocycles. The molecule has 0 aliphatic heterocycles. The van der Waals surface area contributed by atoms with E-state index in [0.717, 1.165) is 11.4 Å². The predicted octanol–water partition coefficient (Wildman–Crippen LogP) is 4.78. The quantitative estimate of drug-likeness (QED) is 0.478. The van der Waals surface area contributed by atoms with Gasteiger partial charge in [-0.2, -0.15) is 5.32 Å². The summed E-state index contributed by atoms with van der Waals surface area (Å²) in [4.78, 5) is 9.32. The van der Waals surface area contributed by atoms with E-state index in [9.17, 15) is 0 Å². The van der Waals surface area contributed by atoms with Crippen LogP contribution in [-0.2, 0) is 19.4 Å². The van der Waals surface area contributed by atoms with Gasteiger partial charge >= 0.3 is 28.7 Å². The minimum absolute atomic E-state index is 0.945. The van der Waals surface area contributed by atoms with Crippen molar-refractivity contribution in [1.29, 1.82) is 0 Å². The van der Waals surface area contributed by atoms with E-state index in [2.05, 4.69) is 75.3 Å². The molecule has 3 rings (SSSR count). The van der Waals surface area contributed by atoms with Crippen molar-refractivity contribution in [3.05, 3.63) is 60.3 Å². The van der Waals surface area contributed by atoms with E-state index in [4.69, 9.17) is 0 Å². The van der Waals surface area contributed by atoms with Gasteiger partial charge in [-0.05, 0) is 11.5 Å². The SMILES string of the molecule is C[Si](C)(C)c1ccc(C=Nc2cccc3ccccc23)[n-]1.[Cl][Ti+]. The minimum atomic E-state index is -1.34. The molecule has 1 aromatic heterocycles. The zero-order valence-corrected chi connectivity index (χ0v) is 16.9. The summed E-state index contributed by atoms with van der Waals surface area (Å²) in [6.07, 6.45) is 1.87. The van der Waals surface area contributed by atoms with Crippen LogP contribution < -0.4 is 10.3 Å². The first-order valence-corrected chi connectivity index (χ1v) is 13.0. The van der Waals surface area contributed by atoms with Gasteiger partial charge in [-0.1, -0.05) is 68.2 Å². The maximum absolute atomic E-state index is 4.69. The number of hydrogen-bond acceptors (Lipinski definition) is 1. The molecule has 0 amide bonds. The number of nitrogens with zero attached hydrogens (tertiary/aromatic N) is 2. The van der Waals surface area contributed by atoms with Gasteiger partial charge in [0.2, 0.25) is 0 Å². The first-order chi connectivity index (χ1) is 11.0. The topological polar surface area (TPSA) is 26.5 Å². The van der Waals surface area contributed by atoms with Gasteiger partial charge in [-0.3, -0.25) is 4.99 Å². The number of benzene rings is 2. The molecule has 0 atom stereocenters. The van der Waals surface area contributed by atoms with Crippen LogP contribution in [0.5, 0.6) is 0 Å². The summed E-state index contributed by atoms with van der Waals surface area (Å²) in [5.41, 5.74) is 1.94. The van der Waals surface area contributed by atoms with E-state index in [0.29, 0.717) is 0 Å². The number of hydrogen-bond donors (Lipinski definition) is 0. The second-order valence-electron chi connectivity index (χ2n) is 6.26. The van der Waals surface area contributed by atoms with Crippen LogP contribution in [0.15, 0.2) is 59.6 Å². The van der Waals surface area contributed by atoms with Gasteiger partial charge in [0.05, 0.1) is 13.8 Å². The fourth-order valence-electron chi connectivity index (χ4n) is 2.32. The van der Waals surface area contributed by atoms with Gasteiger partial charge in [0.25, 0.3) is 0 Å². The summed E-state index contributed by atoms with van der Waals surface area (Å²) >= 11 is 1.47. The first-order valence-electron chi connectivity index (χ1n) is 7.39. The summed E-state index contributed by atoms with van der Waals surface area (Å²) in [6, 6.07) is 18.7. The molecule has 0 bridgehead atoms. The third kappa shape index (κ3) is 4.68. The average Bonchev–Trinajstić information content (AvgIpc) is 3.04. The molecule has 0 fully saturated rings. The van der Waals surface area contributed by atoms with Crippen LogP contribution in [0.3, 0.4) is 0 Å². The molecule has 0 saturated heterocycles. The Bertz CT molecular complexity index is 801. The molecule has 0 unspecified atom stereocenters. The fraction of sp³-hybridized carbons (Fsp3) is 0.167.